The zero-order valence-electron chi connectivity index (χ0n) is 34.6. The zero-order chi connectivity index (χ0) is 40.0. The summed E-state index contributed by atoms with van der Waals surface area (Å²) in [6.07, 6.45) is 0. The maximum Gasteiger partial charge on any atom is 0.0146 e. The van der Waals surface area contributed by atoms with Crippen molar-refractivity contribution in [3.8, 4) is 11.1 Å². The molecule has 57 heavy (non-hydrogen) atoms. The number of rotatable bonds is 5. The van der Waals surface area contributed by atoms with Gasteiger partial charge in [0.15, 0.2) is 0 Å². The van der Waals surface area contributed by atoms with Crippen LogP contribution in [0.3, 0.4) is 0 Å². The van der Waals surface area contributed by atoms with E-state index in [0.717, 1.165) is 0 Å². The Balaban J connectivity index is 0.000000137. The fraction of sp³-hybridized carbons (Fsp3) is 0.158. The van der Waals surface area contributed by atoms with E-state index in [-0.39, 0.29) is 10.8 Å². The summed E-state index contributed by atoms with van der Waals surface area (Å²) in [5, 5.41) is 7.90. The normalized spacial score (nSPS) is 11.4. The van der Waals surface area contributed by atoms with Crippen LogP contribution in [0.5, 0.6) is 0 Å². The molecule has 0 saturated heterocycles. The Hall–Kier alpha value is -6.24. The van der Waals surface area contributed by atoms with Crippen molar-refractivity contribution in [2.24, 2.45) is 0 Å². The van der Waals surface area contributed by atoms with E-state index in [1.165, 1.54) is 82.4 Å². The van der Waals surface area contributed by atoms with Gasteiger partial charge in [0.2, 0.25) is 0 Å². The summed E-state index contributed by atoms with van der Waals surface area (Å²) in [6.45, 7) is 15.6. The predicted molar refractivity (Wildman–Crippen MR) is 249 cm³/mol. The second kappa shape index (κ2) is 16.9. The third kappa shape index (κ3) is 8.47. The summed E-state index contributed by atoms with van der Waals surface area (Å²) in [5.41, 5.74) is 12.2. The lowest BCUT2D eigenvalue weighted by Crippen LogP contribution is -2.18. The fourth-order valence-corrected chi connectivity index (χ4v) is 7.99. The molecule has 0 amide bonds. The predicted octanol–water partition coefficient (Wildman–Crippen LogP) is 15.8. The Morgan fingerprint density at radius 1 is 0.298 bits per heavy atom. The van der Waals surface area contributed by atoms with Gasteiger partial charge in [-0.1, -0.05) is 233 Å². The molecule has 0 N–H and O–H groups in total. The summed E-state index contributed by atoms with van der Waals surface area (Å²) >= 11 is 0. The highest BCUT2D eigenvalue weighted by molar-refractivity contribution is 6.15. The highest BCUT2D eigenvalue weighted by atomic mass is 14.3. The molecule has 0 atom stereocenters. The van der Waals surface area contributed by atoms with E-state index in [9.17, 15) is 0 Å². The van der Waals surface area contributed by atoms with Crippen LogP contribution in [0.4, 0.5) is 0 Å². The van der Waals surface area contributed by atoms with E-state index in [2.05, 4.69) is 249 Å². The summed E-state index contributed by atoms with van der Waals surface area (Å²) in [5.74, 6) is 0. The van der Waals surface area contributed by atoms with E-state index in [1.54, 1.807) is 0 Å². The van der Waals surface area contributed by atoms with Crippen molar-refractivity contribution in [2.45, 2.75) is 59.3 Å². The first-order valence-electron chi connectivity index (χ1n) is 20.2. The Morgan fingerprint density at radius 3 is 1.09 bits per heavy atom. The molecule has 0 aliphatic carbocycles. The van der Waals surface area contributed by atoms with Crippen LogP contribution >= 0.6 is 0 Å². The van der Waals surface area contributed by atoms with E-state index in [0.29, 0.717) is 0 Å². The van der Waals surface area contributed by atoms with Crippen molar-refractivity contribution in [1.82, 2.24) is 0 Å². The molecular weight excluding hydrogens is 685 g/mol. The van der Waals surface area contributed by atoms with Crippen LogP contribution in [0.1, 0.15) is 66.6 Å². The monoisotopic (exact) mass is 738 g/mol. The topological polar surface area (TPSA) is 0 Å². The minimum Gasteiger partial charge on any atom is -0.0622 e. The Bertz CT molecular complexity index is 2570. The molecule has 0 aromatic heterocycles. The van der Waals surface area contributed by atoms with Crippen LogP contribution in [0.2, 0.25) is 0 Å². The average Bonchev–Trinajstić information content (AvgIpc) is 3.25. The maximum atomic E-state index is 2.32. The molecule has 0 unspecified atom stereocenters. The van der Waals surface area contributed by atoms with Gasteiger partial charge in [-0.25, -0.2) is 0 Å². The van der Waals surface area contributed by atoms with Gasteiger partial charge < -0.3 is 0 Å². The van der Waals surface area contributed by atoms with Gasteiger partial charge >= 0.3 is 0 Å². The third-order valence-electron chi connectivity index (χ3n) is 11.8. The first kappa shape index (κ1) is 39.0. The van der Waals surface area contributed by atoms with Crippen LogP contribution in [0.25, 0.3) is 43.4 Å². The lowest BCUT2D eigenvalue weighted by atomic mass is 9.78. The largest absolute Gasteiger partial charge is 0.0622 e. The van der Waals surface area contributed by atoms with Crippen molar-refractivity contribution < 1.29 is 0 Å². The third-order valence-corrected chi connectivity index (χ3v) is 11.8. The highest BCUT2D eigenvalue weighted by Gasteiger charge is 2.23. The Morgan fingerprint density at radius 2 is 0.649 bits per heavy atom. The van der Waals surface area contributed by atoms with Crippen molar-refractivity contribution in [2.75, 3.05) is 0 Å². The summed E-state index contributed by atoms with van der Waals surface area (Å²) in [4.78, 5) is 0. The van der Waals surface area contributed by atoms with Crippen LogP contribution in [0.15, 0.2) is 200 Å². The van der Waals surface area contributed by atoms with E-state index in [1.807, 2.05) is 0 Å². The molecule has 282 valence electrons. The number of aryl methyl sites for hydroxylation is 3. The van der Waals surface area contributed by atoms with Crippen molar-refractivity contribution >= 4 is 32.3 Å². The summed E-state index contributed by atoms with van der Waals surface area (Å²) in [6, 6.07) is 71.8. The van der Waals surface area contributed by atoms with Gasteiger partial charge in [-0.05, 0) is 98.1 Å². The van der Waals surface area contributed by atoms with E-state index < -0.39 is 0 Å². The number of hydrogen-bond acceptors (Lipinski definition) is 0. The molecule has 0 saturated carbocycles. The number of hydrogen-bond donors (Lipinski definition) is 0. The van der Waals surface area contributed by atoms with Gasteiger partial charge in [-0.15, -0.1) is 0 Å². The molecule has 0 aliphatic heterocycles. The molecule has 0 spiro atoms. The Labute approximate surface area is 340 Å². The minimum absolute atomic E-state index is 0.0783. The van der Waals surface area contributed by atoms with Gasteiger partial charge in [0.05, 0.1) is 0 Å². The number of benzene rings is 9. The molecule has 0 aliphatic rings. The molecule has 0 fully saturated rings. The zero-order valence-corrected chi connectivity index (χ0v) is 34.6. The highest BCUT2D eigenvalue weighted by Crippen LogP contribution is 2.40. The minimum atomic E-state index is 0.0783. The van der Waals surface area contributed by atoms with Gasteiger partial charge in [0, 0.05) is 10.8 Å². The molecule has 9 aromatic rings. The molecular formula is C57H54. The number of fused-ring (bicyclic) bond motifs is 3. The molecule has 0 bridgehead atoms. The fourth-order valence-electron chi connectivity index (χ4n) is 7.99. The smallest absolute Gasteiger partial charge is 0.0146 e. The molecule has 9 rings (SSSR count). The van der Waals surface area contributed by atoms with Gasteiger partial charge in [0.25, 0.3) is 0 Å². The quantitative estimate of drug-likeness (QED) is 0.154. The molecule has 0 radical (unpaired) electrons. The standard InChI is InChI=1S/C25H18.2C16H18/c1-17-21-10-4-6-12-23(21)25(24-13-7-5-11-22(17)24)20-15-14-18-8-2-3-9-19(18)16-20;2*1-13-9-11-15(12-10-13)16(2,3)14-7-5-4-6-8-14/h2-16H,1H3;2*4-12H,1-3H3. The first-order valence-corrected chi connectivity index (χ1v) is 20.2. The molecule has 9 aromatic carbocycles. The van der Waals surface area contributed by atoms with Crippen molar-refractivity contribution in [3.05, 3.63) is 239 Å². The maximum absolute atomic E-state index is 2.32. The molecule has 0 heteroatoms. The van der Waals surface area contributed by atoms with Gasteiger partial charge in [-0.3, -0.25) is 0 Å². The summed E-state index contributed by atoms with van der Waals surface area (Å²) in [7, 11) is 0. The second-order valence-electron chi connectivity index (χ2n) is 16.4. The lowest BCUT2D eigenvalue weighted by Gasteiger charge is -2.26. The Kier molecular flexibility index (Phi) is 11.5. The van der Waals surface area contributed by atoms with Gasteiger partial charge in [0.1, 0.15) is 0 Å². The SMILES string of the molecule is Cc1c2ccccc2c(-c2ccc3ccccc3c2)c2ccccc12.Cc1ccc(C(C)(C)c2ccccc2)cc1.Cc1ccc(C(C)(C)c2ccccc2)cc1. The molecule has 0 heterocycles. The van der Waals surface area contributed by atoms with Gasteiger partial charge in [-0.2, -0.15) is 0 Å². The van der Waals surface area contributed by atoms with Crippen LogP contribution in [0, 0.1) is 20.8 Å². The molecule has 0 nitrogen and oxygen atoms in total. The van der Waals surface area contributed by atoms with E-state index >= 15 is 0 Å². The van der Waals surface area contributed by atoms with Crippen LogP contribution < -0.4 is 0 Å². The van der Waals surface area contributed by atoms with Crippen molar-refractivity contribution in [3.63, 3.8) is 0 Å². The second-order valence-corrected chi connectivity index (χ2v) is 16.4. The lowest BCUT2D eigenvalue weighted by molar-refractivity contribution is 0.640. The first-order chi connectivity index (χ1) is 27.5. The van der Waals surface area contributed by atoms with Crippen LogP contribution in [-0.2, 0) is 10.8 Å². The summed E-state index contributed by atoms with van der Waals surface area (Å²) < 4.78 is 0. The average molecular weight is 739 g/mol. The van der Waals surface area contributed by atoms with Crippen LogP contribution in [-0.4, -0.2) is 0 Å². The van der Waals surface area contributed by atoms with Crippen molar-refractivity contribution in [1.29, 1.82) is 0 Å². The van der Waals surface area contributed by atoms with E-state index in [4.69, 9.17) is 0 Å².